The molecule has 0 spiro atoms. The summed E-state index contributed by atoms with van der Waals surface area (Å²) in [5, 5.41) is 0. The van der Waals surface area contributed by atoms with Crippen molar-refractivity contribution in [2.24, 2.45) is 5.73 Å². The summed E-state index contributed by atoms with van der Waals surface area (Å²) in [6.45, 7) is 0. The maximum Gasteiger partial charge on any atom is 0.428 e. The van der Waals surface area contributed by atoms with Crippen molar-refractivity contribution in [3.05, 3.63) is 0 Å². The molecule has 0 aromatic heterocycles. The maximum absolute atomic E-state index is 11.4. The second-order valence-corrected chi connectivity index (χ2v) is 1.31. The minimum atomic E-state index is -5.16. The fourth-order valence-corrected chi connectivity index (χ4v) is 0.161. The van der Waals surface area contributed by atoms with Gasteiger partial charge in [0.1, 0.15) is 0 Å². The molecule has 0 bridgehead atoms. The number of carbonyl (C=O) groups is 1. The number of amides is 1. The first-order chi connectivity index (χ1) is 3.85. The number of rotatable bonds is 1. The first-order valence-electron chi connectivity index (χ1n) is 1.86. The van der Waals surface area contributed by atoms with Crippen LogP contribution in [0.5, 0.6) is 0 Å². The van der Waals surface area contributed by atoms with Crippen molar-refractivity contribution < 1.29 is 22.4 Å². The van der Waals surface area contributed by atoms with Crippen LogP contribution >= 0.6 is 0 Å². The van der Waals surface area contributed by atoms with Gasteiger partial charge in [-0.15, -0.1) is 0 Å². The van der Waals surface area contributed by atoms with E-state index in [1.54, 1.807) is 0 Å². The molecule has 0 saturated heterocycles. The van der Waals surface area contributed by atoms with Crippen molar-refractivity contribution in [1.82, 2.24) is 0 Å². The van der Waals surface area contributed by atoms with Gasteiger partial charge < -0.3 is 5.73 Å². The second-order valence-electron chi connectivity index (χ2n) is 1.31. The summed E-state index contributed by atoms with van der Waals surface area (Å²) in [6.07, 6.45) is -8.70. The Hall–Kier alpha value is -0.810. The molecule has 0 radical (unpaired) electrons. The Morgan fingerprint density at radius 2 is 1.78 bits per heavy atom. The lowest BCUT2D eigenvalue weighted by Crippen LogP contribution is -2.37. The van der Waals surface area contributed by atoms with Crippen LogP contribution in [0, 0.1) is 0 Å². The van der Waals surface area contributed by atoms with E-state index in [0.717, 1.165) is 0 Å². The van der Waals surface area contributed by atoms with E-state index in [-0.39, 0.29) is 0 Å². The van der Waals surface area contributed by atoms with E-state index in [0.29, 0.717) is 0 Å². The van der Waals surface area contributed by atoms with Crippen molar-refractivity contribution in [3.63, 3.8) is 0 Å². The van der Waals surface area contributed by atoms with Crippen LogP contribution in [-0.2, 0) is 4.79 Å². The van der Waals surface area contributed by atoms with Gasteiger partial charge in [0, 0.05) is 0 Å². The van der Waals surface area contributed by atoms with E-state index in [2.05, 4.69) is 5.73 Å². The topological polar surface area (TPSA) is 43.1 Å². The zero-order valence-electron chi connectivity index (χ0n) is 4.07. The van der Waals surface area contributed by atoms with Gasteiger partial charge in [0.25, 0.3) is 12.1 Å². The fourth-order valence-electron chi connectivity index (χ4n) is 0.161. The molecule has 0 heterocycles. The lowest BCUT2D eigenvalue weighted by Gasteiger charge is -2.06. The van der Waals surface area contributed by atoms with Crippen molar-refractivity contribution in [1.29, 1.82) is 0 Å². The highest BCUT2D eigenvalue weighted by Crippen LogP contribution is 2.21. The smallest absolute Gasteiger partial charge is 0.367 e. The number of hydrogen-bond donors (Lipinski definition) is 1. The first kappa shape index (κ1) is 8.19. The highest BCUT2D eigenvalue weighted by atomic mass is 19.4. The summed E-state index contributed by atoms with van der Waals surface area (Å²) in [5.41, 5.74) is 3.99. The number of hydrogen-bond acceptors (Lipinski definition) is 1. The zero-order chi connectivity index (χ0) is 7.65. The summed E-state index contributed by atoms with van der Waals surface area (Å²) < 4.78 is 44.5. The van der Waals surface area contributed by atoms with Crippen LogP contribution in [0.1, 0.15) is 0 Å². The average Bonchev–Trinajstić information content (AvgIpc) is 1.62. The normalized spacial score (nSPS) is 15.1. The van der Waals surface area contributed by atoms with Crippen LogP contribution in [0.4, 0.5) is 17.6 Å². The molecule has 2 nitrogen and oxygen atoms in total. The van der Waals surface area contributed by atoms with Crippen molar-refractivity contribution in [2.75, 3.05) is 0 Å². The Bertz CT molecular complexity index is 119. The largest absolute Gasteiger partial charge is 0.428 e. The van der Waals surface area contributed by atoms with E-state index >= 15 is 0 Å². The van der Waals surface area contributed by atoms with E-state index in [1.165, 1.54) is 0 Å². The van der Waals surface area contributed by atoms with Crippen LogP contribution in [0.25, 0.3) is 0 Å². The molecule has 0 aromatic carbocycles. The highest BCUT2D eigenvalue weighted by Gasteiger charge is 2.44. The van der Waals surface area contributed by atoms with Crippen LogP contribution in [0.3, 0.4) is 0 Å². The average molecular weight is 145 g/mol. The quantitative estimate of drug-likeness (QED) is 0.532. The summed E-state index contributed by atoms with van der Waals surface area (Å²) in [4.78, 5) is 9.47. The SMILES string of the molecule is NC(=O)[C@@H](F)C(F)(F)F. The molecule has 0 aliphatic rings. The lowest BCUT2D eigenvalue weighted by atomic mass is 10.4. The standard InChI is InChI=1S/C3H3F4NO/c4-1(2(8)9)3(5,6)7/h1H,(H2,8,9)/t1-/m1/s1. The molecule has 0 aliphatic carbocycles. The lowest BCUT2D eigenvalue weighted by molar-refractivity contribution is -0.184. The van der Waals surface area contributed by atoms with E-state index < -0.39 is 18.3 Å². The molecule has 2 N–H and O–H groups in total. The Kier molecular flexibility index (Phi) is 2.00. The van der Waals surface area contributed by atoms with Gasteiger partial charge in [0.05, 0.1) is 0 Å². The molecule has 54 valence electrons. The van der Waals surface area contributed by atoms with Crippen LogP contribution in [0.2, 0.25) is 0 Å². The van der Waals surface area contributed by atoms with Gasteiger partial charge in [0.15, 0.2) is 0 Å². The predicted molar refractivity (Wildman–Crippen MR) is 20.1 cm³/mol. The van der Waals surface area contributed by atoms with Gasteiger partial charge in [-0.25, -0.2) is 4.39 Å². The van der Waals surface area contributed by atoms with Gasteiger partial charge in [-0.1, -0.05) is 0 Å². The molecule has 0 aromatic rings. The van der Waals surface area contributed by atoms with Crippen molar-refractivity contribution >= 4 is 5.91 Å². The minimum Gasteiger partial charge on any atom is -0.367 e. The third-order valence-corrected chi connectivity index (χ3v) is 0.537. The summed E-state index contributed by atoms with van der Waals surface area (Å²) in [6, 6.07) is 0. The molecule has 0 rings (SSSR count). The highest BCUT2D eigenvalue weighted by molar-refractivity contribution is 5.79. The zero-order valence-corrected chi connectivity index (χ0v) is 4.07. The van der Waals surface area contributed by atoms with E-state index in [9.17, 15) is 22.4 Å². The third kappa shape index (κ3) is 2.29. The minimum absolute atomic E-state index is 2.01. The number of alkyl halides is 4. The Labute approximate surface area is 47.6 Å². The Morgan fingerprint density at radius 1 is 1.44 bits per heavy atom. The summed E-state index contributed by atoms with van der Waals surface area (Å²) in [5.74, 6) is -2.01. The summed E-state index contributed by atoms with van der Waals surface area (Å²) in [7, 11) is 0. The van der Waals surface area contributed by atoms with Crippen LogP contribution in [-0.4, -0.2) is 18.3 Å². The Balaban J connectivity index is 4.04. The molecule has 1 amide bonds. The molecule has 0 aliphatic heterocycles. The van der Waals surface area contributed by atoms with E-state index in [1.807, 2.05) is 0 Å². The second kappa shape index (κ2) is 2.20. The predicted octanol–water partition coefficient (Wildman–Crippen LogP) is 0.372. The first-order valence-corrected chi connectivity index (χ1v) is 1.86. The molecule has 0 saturated carbocycles. The van der Waals surface area contributed by atoms with Gasteiger partial charge in [-0.3, -0.25) is 4.79 Å². The van der Waals surface area contributed by atoms with Crippen LogP contribution < -0.4 is 5.73 Å². The fraction of sp³-hybridized carbons (Fsp3) is 0.667. The Morgan fingerprint density at radius 3 is 1.78 bits per heavy atom. The summed E-state index contributed by atoms with van der Waals surface area (Å²) >= 11 is 0. The van der Waals surface area contributed by atoms with Gasteiger partial charge in [-0.2, -0.15) is 13.2 Å². The molecule has 9 heavy (non-hydrogen) atoms. The molecule has 1 atom stereocenters. The van der Waals surface area contributed by atoms with Crippen LogP contribution in [0.15, 0.2) is 0 Å². The van der Waals surface area contributed by atoms with Crippen molar-refractivity contribution in [3.8, 4) is 0 Å². The maximum atomic E-state index is 11.4. The third-order valence-electron chi connectivity index (χ3n) is 0.537. The molecule has 6 heteroatoms. The molecule has 0 unspecified atom stereocenters. The molecular weight excluding hydrogens is 142 g/mol. The number of carbonyl (C=O) groups excluding carboxylic acids is 1. The molecular formula is C3H3F4NO. The van der Waals surface area contributed by atoms with Gasteiger partial charge in [-0.05, 0) is 0 Å². The number of nitrogens with two attached hydrogens (primary N) is 1. The van der Waals surface area contributed by atoms with Gasteiger partial charge in [0.2, 0.25) is 0 Å². The van der Waals surface area contributed by atoms with Gasteiger partial charge >= 0.3 is 6.18 Å². The number of primary amides is 1. The monoisotopic (exact) mass is 145 g/mol. The van der Waals surface area contributed by atoms with E-state index in [4.69, 9.17) is 0 Å². The van der Waals surface area contributed by atoms with Crippen molar-refractivity contribution in [2.45, 2.75) is 12.3 Å². The number of halogens is 4. The molecule has 0 fully saturated rings.